The molecule has 0 unspecified atom stereocenters. The molecule has 0 N–H and O–H groups in total. The van der Waals surface area contributed by atoms with Crippen molar-refractivity contribution in [2.75, 3.05) is 40.5 Å². The van der Waals surface area contributed by atoms with E-state index < -0.39 is 10.0 Å². The molecule has 1 heterocycles. The zero-order chi connectivity index (χ0) is 17.6. The van der Waals surface area contributed by atoms with Crippen LogP contribution >= 0.6 is 0 Å². The van der Waals surface area contributed by atoms with E-state index in [1.54, 1.807) is 13.2 Å². The number of sulfonamides is 1. The number of methoxy groups -OCH3 is 2. The van der Waals surface area contributed by atoms with Crippen molar-refractivity contribution < 1.29 is 22.6 Å². The zero-order valence-corrected chi connectivity index (χ0v) is 15.5. The number of ether oxygens (including phenoxy) is 3. The molecule has 0 atom stereocenters. The molecule has 0 radical (unpaired) electrons. The predicted octanol–water partition coefficient (Wildman–Crippen LogP) is 2.46. The van der Waals surface area contributed by atoms with Gasteiger partial charge in [0.2, 0.25) is 10.0 Å². The minimum absolute atomic E-state index is 0.156. The van der Waals surface area contributed by atoms with Crippen molar-refractivity contribution >= 4 is 10.0 Å². The van der Waals surface area contributed by atoms with Crippen molar-refractivity contribution in [3.05, 3.63) is 17.7 Å². The van der Waals surface area contributed by atoms with Crippen LogP contribution in [0.3, 0.4) is 0 Å². The van der Waals surface area contributed by atoms with Gasteiger partial charge in [-0.25, -0.2) is 8.42 Å². The van der Waals surface area contributed by atoms with E-state index in [4.69, 9.17) is 14.2 Å². The van der Waals surface area contributed by atoms with Crippen LogP contribution < -0.4 is 9.47 Å². The smallest absolute Gasteiger partial charge is 0.247 e. The molecule has 2 rings (SSSR count). The maximum atomic E-state index is 12.9. The minimum atomic E-state index is -3.63. The fraction of sp³-hybridized carbons (Fsp3) is 0.647. The van der Waals surface area contributed by atoms with Gasteiger partial charge in [-0.2, -0.15) is 4.31 Å². The molecule has 0 aromatic heterocycles. The SMILES string of the molecule is CCCCCc1ccc(S(=O)(=O)N2CCOCC2)c(OC)c1OC. The number of unbranched alkanes of at least 4 members (excludes halogenated alkanes) is 2. The Bertz CT molecular complexity index is 639. The van der Waals surface area contributed by atoms with Crippen LogP contribution in [0, 0.1) is 0 Å². The van der Waals surface area contributed by atoms with Crippen LogP contribution in [0.4, 0.5) is 0 Å². The van der Waals surface area contributed by atoms with Crippen molar-refractivity contribution in [3.63, 3.8) is 0 Å². The third-order valence-corrected chi connectivity index (χ3v) is 6.13. The van der Waals surface area contributed by atoms with E-state index in [2.05, 4.69) is 6.92 Å². The second-order valence-corrected chi connectivity index (χ2v) is 7.67. The minimum Gasteiger partial charge on any atom is -0.493 e. The van der Waals surface area contributed by atoms with Crippen molar-refractivity contribution in [1.82, 2.24) is 4.31 Å². The lowest BCUT2D eigenvalue weighted by atomic mass is 10.1. The van der Waals surface area contributed by atoms with Gasteiger partial charge in [0, 0.05) is 13.1 Å². The van der Waals surface area contributed by atoms with Gasteiger partial charge in [0.1, 0.15) is 4.90 Å². The summed E-state index contributed by atoms with van der Waals surface area (Å²) in [6, 6.07) is 3.47. The van der Waals surface area contributed by atoms with Crippen LogP contribution in [0.25, 0.3) is 0 Å². The summed E-state index contributed by atoms with van der Waals surface area (Å²) in [6.07, 6.45) is 4.12. The monoisotopic (exact) mass is 357 g/mol. The van der Waals surface area contributed by atoms with E-state index in [1.807, 2.05) is 6.07 Å². The fourth-order valence-corrected chi connectivity index (χ4v) is 4.45. The lowest BCUT2D eigenvalue weighted by Crippen LogP contribution is -2.40. The summed E-state index contributed by atoms with van der Waals surface area (Å²) >= 11 is 0. The van der Waals surface area contributed by atoms with Crippen LogP contribution in [0.1, 0.15) is 31.7 Å². The molecule has 0 aliphatic carbocycles. The normalized spacial score (nSPS) is 16.1. The van der Waals surface area contributed by atoms with Crippen molar-refractivity contribution in [1.29, 1.82) is 0 Å². The number of aryl methyl sites for hydroxylation is 1. The number of morpholine rings is 1. The first-order valence-corrected chi connectivity index (χ1v) is 9.82. The Hall–Kier alpha value is -1.31. The Morgan fingerprint density at radius 2 is 1.75 bits per heavy atom. The summed E-state index contributed by atoms with van der Waals surface area (Å²) in [7, 11) is -0.605. The van der Waals surface area contributed by atoms with Crippen molar-refractivity contribution in [2.24, 2.45) is 0 Å². The Balaban J connectivity index is 2.39. The number of hydrogen-bond donors (Lipinski definition) is 0. The first-order valence-electron chi connectivity index (χ1n) is 8.38. The number of rotatable bonds is 8. The summed E-state index contributed by atoms with van der Waals surface area (Å²) in [5, 5.41) is 0. The Morgan fingerprint density at radius 1 is 1.08 bits per heavy atom. The average molecular weight is 357 g/mol. The Kier molecular flexibility index (Phi) is 6.89. The highest BCUT2D eigenvalue weighted by Crippen LogP contribution is 2.39. The highest BCUT2D eigenvalue weighted by Gasteiger charge is 2.31. The van der Waals surface area contributed by atoms with E-state index in [0.29, 0.717) is 32.1 Å². The molecular weight excluding hydrogens is 330 g/mol. The topological polar surface area (TPSA) is 65.1 Å². The molecule has 0 bridgehead atoms. The largest absolute Gasteiger partial charge is 0.493 e. The molecular formula is C17H27NO5S. The van der Waals surface area contributed by atoms with E-state index in [0.717, 1.165) is 31.2 Å². The molecule has 1 aromatic rings. The van der Waals surface area contributed by atoms with Crippen LogP contribution in [-0.2, 0) is 21.2 Å². The maximum absolute atomic E-state index is 12.9. The molecule has 0 saturated carbocycles. The van der Waals surface area contributed by atoms with Gasteiger partial charge >= 0.3 is 0 Å². The molecule has 136 valence electrons. The van der Waals surface area contributed by atoms with Gasteiger partial charge in [-0.3, -0.25) is 0 Å². The van der Waals surface area contributed by atoms with Gasteiger partial charge < -0.3 is 14.2 Å². The highest BCUT2D eigenvalue weighted by molar-refractivity contribution is 7.89. The zero-order valence-electron chi connectivity index (χ0n) is 14.7. The first-order chi connectivity index (χ1) is 11.6. The molecule has 0 amide bonds. The summed E-state index contributed by atoms with van der Waals surface area (Å²) in [4.78, 5) is 0.156. The van der Waals surface area contributed by atoms with E-state index >= 15 is 0 Å². The molecule has 1 fully saturated rings. The molecule has 6 nitrogen and oxygen atoms in total. The molecule has 1 aliphatic heterocycles. The lowest BCUT2D eigenvalue weighted by molar-refractivity contribution is 0.0729. The van der Waals surface area contributed by atoms with Gasteiger partial charge in [-0.1, -0.05) is 25.8 Å². The van der Waals surface area contributed by atoms with Crippen LogP contribution in [0.2, 0.25) is 0 Å². The van der Waals surface area contributed by atoms with Crippen LogP contribution in [-0.4, -0.2) is 53.2 Å². The van der Waals surface area contributed by atoms with Gasteiger partial charge in [-0.15, -0.1) is 0 Å². The Morgan fingerprint density at radius 3 is 2.33 bits per heavy atom. The Labute approximate surface area is 144 Å². The molecule has 7 heteroatoms. The van der Waals surface area contributed by atoms with Crippen molar-refractivity contribution in [2.45, 2.75) is 37.5 Å². The number of benzene rings is 1. The second kappa shape index (κ2) is 8.69. The number of hydrogen-bond acceptors (Lipinski definition) is 5. The first kappa shape index (κ1) is 19.0. The summed E-state index contributed by atoms with van der Waals surface area (Å²) in [5.74, 6) is 0.806. The lowest BCUT2D eigenvalue weighted by Gasteiger charge is -2.27. The van der Waals surface area contributed by atoms with Crippen LogP contribution in [0.5, 0.6) is 11.5 Å². The van der Waals surface area contributed by atoms with Gasteiger partial charge in [0.15, 0.2) is 11.5 Å². The highest BCUT2D eigenvalue weighted by atomic mass is 32.2. The second-order valence-electron chi connectivity index (χ2n) is 5.76. The maximum Gasteiger partial charge on any atom is 0.247 e. The summed E-state index contributed by atoms with van der Waals surface area (Å²) < 4.78 is 43.5. The fourth-order valence-electron chi connectivity index (χ4n) is 2.89. The number of nitrogens with zero attached hydrogens (tertiary/aromatic N) is 1. The van der Waals surface area contributed by atoms with E-state index in [1.165, 1.54) is 11.4 Å². The van der Waals surface area contributed by atoms with Crippen molar-refractivity contribution in [3.8, 4) is 11.5 Å². The molecule has 24 heavy (non-hydrogen) atoms. The average Bonchev–Trinajstić information content (AvgIpc) is 2.61. The summed E-state index contributed by atoms with van der Waals surface area (Å²) in [5.41, 5.74) is 0.976. The van der Waals surface area contributed by atoms with Gasteiger partial charge in [0.05, 0.1) is 27.4 Å². The molecule has 1 aliphatic rings. The predicted molar refractivity (Wildman–Crippen MR) is 92.4 cm³/mol. The van der Waals surface area contributed by atoms with Gasteiger partial charge in [-0.05, 0) is 24.5 Å². The third kappa shape index (κ3) is 4.02. The summed E-state index contributed by atoms with van der Waals surface area (Å²) in [6.45, 7) is 3.68. The molecule has 0 spiro atoms. The van der Waals surface area contributed by atoms with Gasteiger partial charge in [0.25, 0.3) is 0 Å². The van der Waals surface area contributed by atoms with E-state index in [-0.39, 0.29) is 10.6 Å². The quantitative estimate of drug-likeness (QED) is 0.669. The van der Waals surface area contributed by atoms with Crippen LogP contribution in [0.15, 0.2) is 17.0 Å². The third-order valence-electron chi connectivity index (χ3n) is 4.20. The molecule has 1 saturated heterocycles. The molecule has 1 aromatic carbocycles. The standard InChI is InChI=1S/C17H27NO5S/c1-4-5-6-7-14-8-9-15(17(22-3)16(14)21-2)24(19,20)18-10-12-23-13-11-18/h8-9H,4-7,10-13H2,1-3H3. The van der Waals surface area contributed by atoms with E-state index in [9.17, 15) is 8.42 Å².